The largest absolute Gasteiger partial charge is 0.380 e. The fraction of sp³-hybridized carbons (Fsp3) is 0.353. The lowest BCUT2D eigenvalue weighted by Gasteiger charge is -2.25. The first-order valence-electron chi connectivity index (χ1n) is 7.88. The molecule has 2 aromatic heterocycles. The van der Waals surface area contributed by atoms with Crippen molar-refractivity contribution in [1.29, 1.82) is 0 Å². The Balaban J connectivity index is 1.82. The summed E-state index contributed by atoms with van der Waals surface area (Å²) >= 11 is 0. The summed E-state index contributed by atoms with van der Waals surface area (Å²) in [7, 11) is 0. The Labute approximate surface area is 135 Å². The molecule has 0 radical (unpaired) electrons. The van der Waals surface area contributed by atoms with Crippen molar-refractivity contribution in [2.24, 2.45) is 5.73 Å². The smallest absolute Gasteiger partial charge is 0.252 e. The normalized spacial score (nSPS) is 17.7. The minimum atomic E-state index is -0.465. The minimum absolute atomic E-state index is 0.298. The first-order valence-corrected chi connectivity index (χ1v) is 7.88. The molecule has 3 rings (SSSR count). The van der Waals surface area contributed by atoms with Crippen LogP contribution in [0, 0.1) is 0 Å². The standard InChI is InChI=1S/C17H21N5O/c18-17(23)15-11-21-14(8-12-4-1-2-7-20-12)9-16(15)22-13-5-3-6-19-10-13/h1-2,4,7,9,11,13,19H,3,5-6,8,10H2,(H2,18,23)(H,21,22)/t13-/m0/s1. The SMILES string of the molecule is NC(=O)c1cnc(Cc2ccccn2)cc1N[C@H]1CCCNC1. The summed E-state index contributed by atoms with van der Waals surface area (Å²) < 4.78 is 0. The number of primary amides is 1. The third-order valence-corrected chi connectivity index (χ3v) is 3.97. The van der Waals surface area contributed by atoms with E-state index in [2.05, 4.69) is 20.6 Å². The molecule has 1 fully saturated rings. The van der Waals surface area contributed by atoms with E-state index in [0.29, 0.717) is 18.0 Å². The highest BCUT2D eigenvalue weighted by molar-refractivity contribution is 5.98. The summed E-state index contributed by atoms with van der Waals surface area (Å²) in [5.41, 5.74) is 8.47. The number of hydrogen-bond acceptors (Lipinski definition) is 5. The highest BCUT2D eigenvalue weighted by Gasteiger charge is 2.17. The summed E-state index contributed by atoms with van der Waals surface area (Å²) in [4.78, 5) is 20.3. The number of nitrogens with two attached hydrogens (primary N) is 1. The molecule has 0 spiro atoms. The third-order valence-electron chi connectivity index (χ3n) is 3.97. The van der Waals surface area contributed by atoms with Crippen molar-refractivity contribution >= 4 is 11.6 Å². The molecule has 4 N–H and O–H groups in total. The lowest BCUT2D eigenvalue weighted by Crippen LogP contribution is -2.38. The van der Waals surface area contributed by atoms with Crippen molar-refractivity contribution in [3.8, 4) is 0 Å². The van der Waals surface area contributed by atoms with Gasteiger partial charge < -0.3 is 16.4 Å². The fourth-order valence-electron chi connectivity index (χ4n) is 2.79. The molecule has 120 valence electrons. The summed E-state index contributed by atoms with van der Waals surface area (Å²) in [6.07, 6.45) is 6.13. The van der Waals surface area contributed by atoms with Crippen LogP contribution in [0.2, 0.25) is 0 Å². The van der Waals surface area contributed by atoms with Crippen LogP contribution in [0.3, 0.4) is 0 Å². The molecule has 1 atom stereocenters. The van der Waals surface area contributed by atoms with Gasteiger partial charge in [-0.15, -0.1) is 0 Å². The summed E-state index contributed by atoms with van der Waals surface area (Å²) in [6.45, 7) is 1.93. The molecule has 3 heterocycles. The lowest BCUT2D eigenvalue weighted by molar-refractivity contribution is 0.100. The molecule has 23 heavy (non-hydrogen) atoms. The fourth-order valence-corrected chi connectivity index (χ4v) is 2.79. The average molecular weight is 311 g/mol. The van der Waals surface area contributed by atoms with Gasteiger partial charge in [0.25, 0.3) is 5.91 Å². The number of hydrogen-bond donors (Lipinski definition) is 3. The maximum Gasteiger partial charge on any atom is 0.252 e. The van der Waals surface area contributed by atoms with E-state index in [0.717, 1.165) is 43.0 Å². The van der Waals surface area contributed by atoms with E-state index in [1.807, 2.05) is 24.3 Å². The number of carbonyl (C=O) groups excluding carboxylic acids is 1. The second-order valence-electron chi connectivity index (χ2n) is 5.77. The van der Waals surface area contributed by atoms with Gasteiger partial charge in [0.05, 0.1) is 11.3 Å². The number of aromatic nitrogens is 2. The number of rotatable bonds is 5. The molecule has 1 aliphatic rings. The van der Waals surface area contributed by atoms with Crippen molar-refractivity contribution in [2.45, 2.75) is 25.3 Å². The molecule has 0 unspecified atom stereocenters. The molecule has 0 aliphatic carbocycles. The number of amides is 1. The quantitative estimate of drug-likeness (QED) is 0.774. The summed E-state index contributed by atoms with van der Waals surface area (Å²) in [5, 5.41) is 6.79. The van der Waals surface area contributed by atoms with Gasteiger partial charge in [-0.3, -0.25) is 14.8 Å². The van der Waals surface area contributed by atoms with E-state index < -0.39 is 5.91 Å². The highest BCUT2D eigenvalue weighted by Crippen LogP contribution is 2.20. The molecule has 1 amide bonds. The van der Waals surface area contributed by atoms with E-state index in [4.69, 9.17) is 5.73 Å². The molecule has 6 nitrogen and oxygen atoms in total. The van der Waals surface area contributed by atoms with Crippen molar-refractivity contribution in [3.05, 3.63) is 53.6 Å². The van der Waals surface area contributed by atoms with Crippen LogP contribution in [-0.4, -0.2) is 35.0 Å². The maximum atomic E-state index is 11.6. The van der Waals surface area contributed by atoms with Gasteiger partial charge in [-0.25, -0.2) is 0 Å². The van der Waals surface area contributed by atoms with E-state index in [1.165, 1.54) is 0 Å². The number of nitrogens with one attached hydrogen (secondary N) is 2. The van der Waals surface area contributed by atoms with Crippen LogP contribution in [0.4, 0.5) is 5.69 Å². The Hall–Kier alpha value is -2.47. The van der Waals surface area contributed by atoms with Gasteiger partial charge in [0.15, 0.2) is 0 Å². The van der Waals surface area contributed by atoms with Crippen LogP contribution < -0.4 is 16.4 Å². The summed E-state index contributed by atoms with van der Waals surface area (Å²) in [5.74, 6) is -0.465. The topological polar surface area (TPSA) is 92.9 Å². The van der Waals surface area contributed by atoms with Gasteiger partial charge in [0.2, 0.25) is 0 Å². The van der Waals surface area contributed by atoms with Crippen LogP contribution in [-0.2, 0) is 6.42 Å². The van der Waals surface area contributed by atoms with Gasteiger partial charge in [-0.05, 0) is 37.6 Å². The Kier molecular flexibility index (Phi) is 4.83. The molecule has 1 aliphatic heterocycles. The van der Waals surface area contributed by atoms with E-state index in [9.17, 15) is 4.79 Å². The second kappa shape index (κ2) is 7.19. The minimum Gasteiger partial charge on any atom is -0.380 e. The number of pyridine rings is 2. The van der Waals surface area contributed by atoms with Gasteiger partial charge in [0.1, 0.15) is 0 Å². The molecule has 2 aromatic rings. The van der Waals surface area contributed by atoms with Crippen molar-refractivity contribution in [1.82, 2.24) is 15.3 Å². The number of piperidine rings is 1. The first kappa shape index (κ1) is 15.4. The molecule has 6 heteroatoms. The van der Waals surface area contributed by atoms with Crippen LogP contribution in [0.15, 0.2) is 36.7 Å². The molecular weight excluding hydrogens is 290 g/mol. The Morgan fingerprint density at radius 1 is 1.35 bits per heavy atom. The van der Waals surface area contributed by atoms with Crippen LogP contribution >= 0.6 is 0 Å². The molecule has 0 bridgehead atoms. The van der Waals surface area contributed by atoms with Crippen molar-refractivity contribution in [2.75, 3.05) is 18.4 Å². The van der Waals surface area contributed by atoms with Gasteiger partial charge >= 0.3 is 0 Å². The Morgan fingerprint density at radius 3 is 2.96 bits per heavy atom. The molecular formula is C17H21N5O. The van der Waals surface area contributed by atoms with E-state index in [-0.39, 0.29) is 0 Å². The van der Waals surface area contributed by atoms with Gasteiger partial charge in [-0.2, -0.15) is 0 Å². The van der Waals surface area contributed by atoms with E-state index >= 15 is 0 Å². The van der Waals surface area contributed by atoms with Gasteiger partial charge in [0, 0.05) is 42.8 Å². The van der Waals surface area contributed by atoms with Crippen molar-refractivity contribution in [3.63, 3.8) is 0 Å². The summed E-state index contributed by atoms with van der Waals surface area (Å²) in [6, 6.07) is 8.00. The number of carbonyl (C=O) groups is 1. The Morgan fingerprint density at radius 2 is 2.26 bits per heavy atom. The monoisotopic (exact) mass is 311 g/mol. The zero-order valence-corrected chi connectivity index (χ0v) is 13.0. The predicted molar refractivity (Wildman–Crippen MR) is 89.3 cm³/mol. The zero-order chi connectivity index (χ0) is 16.1. The third kappa shape index (κ3) is 4.04. The van der Waals surface area contributed by atoms with Gasteiger partial charge in [-0.1, -0.05) is 6.07 Å². The predicted octanol–water partition coefficient (Wildman–Crippen LogP) is 1.33. The first-order chi connectivity index (χ1) is 11.2. The molecule has 1 saturated heterocycles. The average Bonchev–Trinajstić information content (AvgIpc) is 2.57. The Bertz CT molecular complexity index is 668. The second-order valence-corrected chi connectivity index (χ2v) is 5.77. The van der Waals surface area contributed by atoms with Crippen molar-refractivity contribution < 1.29 is 4.79 Å². The lowest BCUT2D eigenvalue weighted by atomic mass is 10.1. The number of nitrogens with zero attached hydrogens (tertiary/aromatic N) is 2. The molecule has 0 saturated carbocycles. The maximum absolute atomic E-state index is 11.6. The van der Waals surface area contributed by atoms with Crippen LogP contribution in [0.1, 0.15) is 34.6 Å². The van der Waals surface area contributed by atoms with E-state index in [1.54, 1.807) is 12.4 Å². The zero-order valence-electron chi connectivity index (χ0n) is 13.0. The molecule has 0 aromatic carbocycles. The highest BCUT2D eigenvalue weighted by atomic mass is 16.1. The number of anilines is 1. The van der Waals surface area contributed by atoms with Crippen LogP contribution in [0.5, 0.6) is 0 Å². The van der Waals surface area contributed by atoms with Crippen LogP contribution in [0.25, 0.3) is 0 Å².